The van der Waals surface area contributed by atoms with Crippen molar-refractivity contribution in [2.75, 3.05) is 50.9 Å². The lowest BCUT2D eigenvalue weighted by molar-refractivity contribution is -0.114. The summed E-state index contributed by atoms with van der Waals surface area (Å²) in [7, 11) is 1.69. The van der Waals surface area contributed by atoms with Crippen LogP contribution in [0.4, 0.5) is 11.4 Å². The molecular weight excluding hydrogens is 504 g/mol. The Morgan fingerprint density at radius 3 is 2.39 bits per heavy atom. The molecule has 3 rings (SSSR count). The second kappa shape index (κ2) is 12.1. The smallest absolute Gasteiger partial charge is 0.245 e. The molecule has 0 aliphatic heterocycles. The van der Waals surface area contributed by atoms with Gasteiger partial charge in [0.25, 0.3) is 0 Å². The minimum atomic E-state index is -4.14. The number of sulfonamides is 1. The Kier molecular flexibility index (Phi) is 9.16. The number of ether oxygens (including phenoxy) is 4. The molecule has 1 N–H and O–H groups in total. The van der Waals surface area contributed by atoms with E-state index in [1.165, 1.54) is 52.3 Å². The number of nitrogens with one attached hydrogen (secondary N) is 1. The second-order valence-corrected chi connectivity index (χ2v) is 10.5. The Bertz CT molecular complexity index is 1260. The first-order valence-electron chi connectivity index (χ1n) is 11.0. The highest BCUT2D eigenvalue weighted by molar-refractivity contribution is 7.98. The summed E-state index contributed by atoms with van der Waals surface area (Å²) < 4.78 is 50.4. The molecule has 11 heteroatoms. The van der Waals surface area contributed by atoms with Crippen LogP contribution in [0.1, 0.15) is 6.42 Å². The number of rotatable bonds is 11. The number of amides is 1. The first-order chi connectivity index (χ1) is 17.3. The van der Waals surface area contributed by atoms with Crippen LogP contribution in [0.25, 0.3) is 0 Å². The Hall–Kier alpha value is -3.31. The molecule has 2 aromatic carbocycles. The van der Waals surface area contributed by atoms with E-state index in [1.54, 1.807) is 30.3 Å². The van der Waals surface area contributed by atoms with Gasteiger partial charge in [-0.05, 0) is 49.1 Å². The normalized spacial score (nSPS) is 15.3. The fourth-order valence-electron chi connectivity index (χ4n) is 3.74. The molecule has 0 spiro atoms. The molecule has 36 heavy (non-hydrogen) atoms. The number of para-hydroxylation sites is 1. The summed E-state index contributed by atoms with van der Waals surface area (Å²) in [5.41, 5.74) is 0.774. The first-order valence-corrected chi connectivity index (χ1v) is 13.7. The number of benzene rings is 2. The lowest BCUT2D eigenvalue weighted by atomic mass is 10.1. The van der Waals surface area contributed by atoms with Crippen LogP contribution in [0.15, 0.2) is 71.0 Å². The van der Waals surface area contributed by atoms with Crippen molar-refractivity contribution in [1.29, 1.82) is 0 Å². The molecule has 0 saturated heterocycles. The van der Waals surface area contributed by atoms with Gasteiger partial charge >= 0.3 is 0 Å². The van der Waals surface area contributed by atoms with Gasteiger partial charge in [0, 0.05) is 11.0 Å². The van der Waals surface area contributed by atoms with Crippen molar-refractivity contribution >= 4 is 39.1 Å². The quantitative estimate of drug-likeness (QED) is 0.431. The van der Waals surface area contributed by atoms with E-state index in [1.807, 2.05) is 18.4 Å². The van der Waals surface area contributed by atoms with Gasteiger partial charge in [0.15, 0.2) is 11.5 Å². The van der Waals surface area contributed by atoms with Crippen LogP contribution < -0.4 is 19.1 Å². The first kappa shape index (κ1) is 27.3. The van der Waals surface area contributed by atoms with Gasteiger partial charge in [-0.2, -0.15) is 0 Å². The number of carbonyl (C=O) groups excluding carboxylic acids is 1. The fourth-order valence-corrected chi connectivity index (χ4v) is 5.97. The summed E-state index contributed by atoms with van der Waals surface area (Å²) in [6.45, 7) is -0.484. The highest BCUT2D eigenvalue weighted by atomic mass is 32.2. The van der Waals surface area contributed by atoms with Crippen LogP contribution in [0.5, 0.6) is 11.5 Å². The van der Waals surface area contributed by atoms with Crippen LogP contribution in [0.3, 0.4) is 0 Å². The monoisotopic (exact) mass is 534 g/mol. The van der Waals surface area contributed by atoms with Crippen molar-refractivity contribution in [2.24, 2.45) is 0 Å². The van der Waals surface area contributed by atoms with E-state index < -0.39 is 27.7 Å². The third kappa shape index (κ3) is 5.90. The van der Waals surface area contributed by atoms with Gasteiger partial charge in [-0.1, -0.05) is 12.1 Å². The Labute approximate surface area is 216 Å². The molecule has 1 atom stereocenters. The van der Waals surface area contributed by atoms with Crippen LogP contribution in [-0.4, -0.2) is 60.8 Å². The van der Waals surface area contributed by atoms with Gasteiger partial charge in [-0.25, -0.2) is 8.42 Å². The molecule has 9 nitrogen and oxygen atoms in total. The molecule has 2 aromatic rings. The van der Waals surface area contributed by atoms with E-state index in [0.29, 0.717) is 23.0 Å². The molecule has 1 amide bonds. The molecule has 0 heterocycles. The molecule has 0 saturated carbocycles. The highest BCUT2D eigenvalue weighted by Gasteiger charge is 2.36. The van der Waals surface area contributed by atoms with E-state index >= 15 is 0 Å². The van der Waals surface area contributed by atoms with Gasteiger partial charge in [0.2, 0.25) is 15.9 Å². The Morgan fingerprint density at radius 2 is 1.75 bits per heavy atom. The third-order valence-electron chi connectivity index (χ3n) is 5.57. The summed E-state index contributed by atoms with van der Waals surface area (Å²) in [5, 5.41) is 1.82. The summed E-state index contributed by atoms with van der Waals surface area (Å²) in [4.78, 5) is 14.1. The van der Waals surface area contributed by atoms with Gasteiger partial charge in [0.05, 0.1) is 39.8 Å². The number of hydrogen-bond acceptors (Lipinski definition) is 8. The molecule has 0 radical (unpaired) electrons. The van der Waals surface area contributed by atoms with E-state index in [9.17, 15) is 13.2 Å². The van der Waals surface area contributed by atoms with E-state index in [0.717, 1.165) is 9.20 Å². The lowest BCUT2D eigenvalue weighted by Crippen LogP contribution is -2.43. The predicted molar refractivity (Wildman–Crippen MR) is 141 cm³/mol. The Balaban J connectivity index is 2.05. The fraction of sp³-hybridized carbons (Fsp3) is 0.320. The summed E-state index contributed by atoms with van der Waals surface area (Å²) in [5.74, 6) is 0.924. The van der Waals surface area contributed by atoms with Crippen LogP contribution in [0, 0.1) is 0 Å². The maximum Gasteiger partial charge on any atom is 0.245 e. The molecule has 1 aliphatic carbocycles. The molecule has 0 bridgehead atoms. The van der Waals surface area contributed by atoms with Crippen LogP contribution in [0.2, 0.25) is 0 Å². The van der Waals surface area contributed by atoms with E-state index in [4.69, 9.17) is 18.9 Å². The van der Waals surface area contributed by atoms with Crippen LogP contribution in [-0.2, 0) is 24.3 Å². The minimum Gasteiger partial charge on any atom is -0.497 e. The van der Waals surface area contributed by atoms with E-state index in [2.05, 4.69) is 5.32 Å². The van der Waals surface area contributed by atoms with Crippen molar-refractivity contribution < 1.29 is 32.2 Å². The zero-order valence-electron chi connectivity index (χ0n) is 20.8. The minimum absolute atomic E-state index is 0.137. The zero-order chi connectivity index (χ0) is 26.3. The molecule has 1 unspecified atom stereocenters. The predicted octanol–water partition coefficient (Wildman–Crippen LogP) is 4.03. The van der Waals surface area contributed by atoms with Crippen molar-refractivity contribution in [2.45, 2.75) is 16.6 Å². The zero-order valence-corrected chi connectivity index (χ0v) is 22.4. The number of anilines is 2. The summed E-state index contributed by atoms with van der Waals surface area (Å²) in [6, 6.07) is 12.1. The van der Waals surface area contributed by atoms with Crippen molar-refractivity contribution in [3.63, 3.8) is 0 Å². The third-order valence-corrected chi connectivity index (χ3v) is 8.40. The largest absolute Gasteiger partial charge is 0.497 e. The number of carbonyl (C=O) groups is 1. The van der Waals surface area contributed by atoms with Gasteiger partial charge in [0.1, 0.15) is 23.3 Å². The summed E-state index contributed by atoms with van der Waals surface area (Å²) >= 11 is 1.47. The number of allylic oxidation sites excluding steroid dienone is 1. The van der Waals surface area contributed by atoms with Crippen LogP contribution >= 0.6 is 11.8 Å². The van der Waals surface area contributed by atoms with Crippen molar-refractivity contribution in [3.05, 3.63) is 66.1 Å². The molecule has 194 valence electrons. The number of thioether (sulfide) groups is 1. The number of nitrogens with zero attached hydrogens (tertiary/aromatic N) is 1. The second-order valence-electron chi connectivity index (χ2n) is 7.62. The molecule has 0 fully saturated rings. The van der Waals surface area contributed by atoms with Gasteiger partial charge < -0.3 is 24.3 Å². The SMILES string of the molecule is COC1=CCC(S(=O)(=O)N(CC(=O)Nc2ccccc2SC)c2cc(OC)ccc2OC)C=C1OC. The van der Waals surface area contributed by atoms with Gasteiger partial charge in [-0.15, -0.1) is 11.8 Å². The highest BCUT2D eigenvalue weighted by Crippen LogP contribution is 2.37. The Morgan fingerprint density at radius 1 is 1.03 bits per heavy atom. The van der Waals surface area contributed by atoms with Crippen molar-refractivity contribution in [1.82, 2.24) is 0 Å². The molecular formula is C25H30N2O7S2. The molecule has 1 aliphatic rings. The number of hydrogen-bond donors (Lipinski definition) is 1. The standard InChI is InChI=1S/C25H30N2O7S2/c1-31-17-10-12-21(32-2)20(14-17)27(16-25(28)26-19-8-6-7-9-24(19)35-5)36(29,30)18-11-13-22(33-3)23(15-18)34-4/h6-10,12-15,18H,11,16H2,1-5H3,(H,26,28). The van der Waals surface area contributed by atoms with Gasteiger partial charge in [-0.3, -0.25) is 9.10 Å². The topological polar surface area (TPSA) is 103 Å². The number of methoxy groups -OCH3 is 4. The maximum atomic E-state index is 14.0. The van der Waals surface area contributed by atoms with Crippen molar-refractivity contribution in [3.8, 4) is 11.5 Å². The maximum absolute atomic E-state index is 14.0. The molecule has 0 aromatic heterocycles. The lowest BCUT2D eigenvalue weighted by Gasteiger charge is -2.30. The average Bonchev–Trinajstić information content (AvgIpc) is 2.91. The summed E-state index contributed by atoms with van der Waals surface area (Å²) in [6.07, 6.45) is 5.16. The van der Waals surface area contributed by atoms with E-state index in [-0.39, 0.29) is 17.9 Å². The average molecular weight is 535 g/mol.